The van der Waals surface area contributed by atoms with Crippen molar-refractivity contribution in [1.82, 2.24) is 10.3 Å². The maximum atomic E-state index is 12.6. The van der Waals surface area contributed by atoms with Crippen LogP contribution in [0.4, 0.5) is 0 Å². The van der Waals surface area contributed by atoms with Crippen molar-refractivity contribution in [2.24, 2.45) is 10.1 Å². The lowest BCUT2D eigenvalue weighted by Crippen LogP contribution is -2.51. The van der Waals surface area contributed by atoms with Crippen LogP contribution in [0, 0.1) is 0 Å². The number of hydrogen-bond acceptors (Lipinski definition) is 5. The fourth-order valence-electron chi connectivity index (χ4n) is 2.78. The molecule has 2 heterocycles. The van der Waals surface area contributed by atoms with Crippen LogP contribution in [0.5, 0.6) is 0 Å². The zero-order valence-corrected chi connectivity index (χ0v) is 14.0. The van der Waals surface area contributed by atoms with Gasteiger partial charge in [0.25, 0.3) is 5.91 Å². The van der Waals surface area contributed by atoms with Crippen molar-refractivity contribution in [3.63, 3.8) is 0 Å². The number of hydrazone groups is 1. The van der Waals surface area contributed by atoms with E-state index < -0.39 is 0 Å². The van der Waals surface area contributed by atoms with Gasteiger partial charge in [-0.15, -0.1) is 5.10 Å². The number of fused-ring (bicyclic) bond motifs is 2. The number of hydrogen-bond donors (Lipinski definition) is 1. The van der Waals surface area contributed by atoms with E-state index in [0.29, 0.717) is 10.9 Å². The lowest BCUT2D eigenvalue weighted by Gasteiger charge is -2.32. The topological polar surface area (TPSA) is 57.1 Å². The summed E-state index contributed by atoms with van der Waals surface area (Å²) in [6.07, 6.45) is -0.201. The fraction of sp³-hybridized carbons (Fsp3) is 0.167. The van der Waals surface area contributed by atoms with Crippen molar-refractivity contribution in [2.45, 2.75) is 18.8 Å². The molecule has 0 unspecified atom stereocenters. The number of nitrogens with zero attached hydrogens (tertiary/aromatic N) is 3. The molecule has 0 aromatic heterocycles. The van der Waals surface area contributed by atoms with Gasteiger partial charge in [0.2, 0.25) is 0 Å². The van der Waals surface area contributed by atoms with Crippen molar-refractivity contribution in [3.8, 4) is 0 Å². The predicted molar refractivity (Wildman–Crippen MR) is 95.2 cm³/mol. The second-order valence-corrected chi connectivity index (χ2v) is 6.57. The highest BCUT2D eigenvalue weighted by atomic mass is 32.2. The third-order valence-electron chi connectivity index (χ3n) is 3.92. The molecule has 0 radical (unpaired) electrons. The highest BCUT2D eigenvalue weighted by molar-refractivity contribution is 8.13. The number of para-hydroxylation sites is 1. The summed E-state index contributed by atoms with van der Waals surface area (Å²) >= 11 is 1.51. The van der Waals surface area contributed by atoms with E-state index in [9.17, 15) is 4.79 Å². The normalized spacial score (nSPS) is 19.0. The lowest BCUT2D eigenvalue weighted by atomic mass is 10.2. The Morgan fingerprint density at radius 1 is 1.12 bits per heavy atom. The molecule has 1 atom stereocenters. The Morgan fingerprint density at radius 3 is 2.71 bits per heavy atom. The van der Waals surface area contributed by atoms with Crippen molar-refractivity contribution in [2.75, 3.05) is 0 Å². The van der Waals surface area contributed by atoms with E-state index in [1.54, 1.807) is 5.01 Å². The smallest absolute Gasteiger partial charge is 0.276 e. The number of carbonyl (C=O) groups excluding carboxylic acids is 1. The van der Waals surface area contributed by atoms with Crippen LogP contribution in [0.25, 0.3) is 5.70 Å². The third-order valence-corrected chi connectivity index (χ3v) is 4.86. The molecule has 24 heavy (non-hydrogen) atoms. The van der Waals surface area contributed by atoms with E-state index in [0.717, 1.165) is 16.3 Å². The molecule has 2 aromatic rings. The first kappa shape index (κ1) is 15.0. The first-order valence-electron chi connectivity index (χ1n) is 7.75. The molecule has 2 aromatic carbocycles. The predicted octanol–water partition coefficient (Wildman–Crippen LogP) is 1.41. The molecule has 2 aliphatic rings. The molecule has 1 amide bonds. The van der Waals surface area contributed by atoms with Crippen LogP contribution < -0.4 is 15.9 Å². The van der Waals surface area contributed by atoms with Crippen molar-refractivity contribution < 1.29 is 4.79 Å². The fourth-order valence-corrected chi connectivity index (χ4v) is 3.59. The second kappa shape index (κ2) is 6.13. The molecule has 0 aliphatic carbocycles. The Hall–Kier alpha value is -2.60. The second-order valence-electron chi connectivity index (χ2n) is 5.60. The summed E-state index contributed by atoms with van der Waals surface area (Å²) < 4.78 is 0. The van der Waals surface area contributed by atoms with Gasteiger partial charge < -0.3 is 0 Å². The van der Waals surface area contributed by atoms with Crippen LogP contribution in [0.1, 0.15) is 12.5 Å². The summed E-state index contributed by atoms with van der Waals surface area (Å²) in [6, 6.07) is 17.8. The summed E-state index contributed by atoms with van der Waals surface area (Å²) in [5.74, 6) is 0.625. The Balaban J connectivity index is 1.66. The Kier molecular flexibility index (Phi) is 3.82. The van der Waals surface area contributed by atoms with Crippen LogP contribution in [0.3, 0.4) is 0 Å². The van der Waals surface area contributed by atoms with Gasteiger partial charge in [0.05, 0.1) is 5.36 Å². The average Bonchev–Trinajstić information content (AvgIpc) is 2.61. The number of nitrogens with one attached hydrogen (secondary N) is 1. The first-order valence-corrected chi connectivity index (χ1v) is 8.74. The van der Waals surface area contributed by atoms with Crippen LogP contribution in [-0.2, 0) is 10.5 Å². The average molecular weight is 336 g/mol. The van der Waals surface area contributed by atoms with E-state index in [1.807, 2.05) is 49.4 Å². The van der Waals surface area contributed by atoms with Gasteiger partial charge in [-0.25, -0.2) is 5.01 Å². The number of amidine groups is 1. The van der Waals surface area contributed by atoms with Gasteiger partial charge in [-0.05, 0) is 18.6 Å². The molecule has 5 nitrogen and oxygen atoms in total. The largest absolute Gasteiger partial charge is 0.298 e. The van der Waals surface area contributed by atoms with E-state index in [2.05, 4.69) is 27.5 Å². The number of amides is 1. The summed E-state index contributed by atoms with van der Waals surface area (Å²) in [5, 5.41) is 11.5. The van der Waals surface area contributed by atoms with Gasteiger partial charge in [0.1, 0.15) is 11.9 Å². The number of benzene rings is 2. The standard InChI is InChI=1S/C18H16N4OS/c1-12-19-15-10-6-5-9-14(15)16-17(23)20-18(21-22(12)16)24-11-13-7-3-2-4-8-13/h2-10,12H,11H2,1H3,(H,20,21,23)/t12-/m0/s1. The number of thioether (sulfide) groups is 1. The van der Waals surface area contributed by atoms with Gasteiger partial charge in [-0.2, -0.15) is 0 Å². The first-order chi connectivity index (χ1) is 11.7. The number of rotatable bonds is 2. The Labute approximate surface area is 143 Å². The summed E-state index contributed by atoms with van der Waals surface area (Å²) in [5.41, 5.74) is 1.76. The monoisotopic (exact) mass is 336 g/mol. The van der Waals surface area contributed by atoms with Gasteiger partial charge in [-0.1, -0.05) is 60.3 Å². The molecule has 2 aliphatic heterocycles. The molecule has 0 spiro atoms. The Bertz CT molecular complexity index is 939. The van der Waals surface area contributed by atoms with E-state index in [4.69, 9.17) is 0 Å². The zero-order valence-electron chi connectivity index (χ0n) is 13.1. The van der Waals surface area contributed by atoms with Gasteiger partial charge in [-0.3, -0.25) is 15.1 Å². The molecule has 1 N–H and O–H groups in total. The lowest BCUT2D eigenvalue weighted by molar-refractivity contribution is -0.116. The Morgan fingerprint density at radius 2 is 1.88 bits per heavy atom. The van der Waals surface area contributed by atoms with Crippen LogP contribution >= 0.6 is 11.8 Å². The van der Waals surface area contributed by atoms with Gasteiger partial charge in [0.15, 0.2) is 5.17 Å². The minimum Gasteiger partial charge on any atom is -0.298 e. The SMILES string of the molecule is C[C@H]1N=c2ccccc2=C2C(=O)NC(SCc3ccccc3)=NN21. The summed E-state index contributed by atoms with van der Waals surface area (Å²) in [4.78, 5) is 17.3. The summed E-state index contributed by atoms with van der Waals surface area (Å²) in [7, 11) is 0. The van der Waals surface area contributed by atoms with E-state index in [-0.39, 0.29) is 12.1 Å². The molecular weight excluding hydrogens is 320 g/mol. The third kappa shape index (κ3) is 2.69. The van der Waals surface area contributed by atoms with Crippen molar-refractivity contribution in [3.05, 3.63) is 70.7 Å². The summed E-state index contributed by atoms with van der Waals surface area (Å²) in [6.45, 7) is 1.94. The maximum absolute atomic E-state index is 12.6. The van der Waals surface area contributed by atoms with E-state index in [1.165, 1.54) is 17.3 Å². The van der Waals surface area contributed by atoms with Crippen molar-refractivity contribution >= 4 is 28.5 Å². The molecule has 120 valence electrons. The minimum atomic E-state index is -0.201. The molecule has 0 saturated heterocycles. The molecule has 0 bridgehead atoms. The molecule has 0 fully saturated rings. The van der Waals surface area contributed by atoms with Crippen LogP contribution in [0.2, 0.25) is 0 Å². The number of carbonyl (C=O) groups is 1. The maximum Gasteiger partial charge on any atom is 0.276 e. The minimum absolute atomic E-state index is 0.130. The van der Waals surface area contributed by atoms with E-state index >= 15 is 0 Å². The highest BCUT2D eigenvalue weighted by Crippen LogP contribution is 2.21. The zero-order chi connectivity index (χ0) is 16.5. The van der Waals surface area contributed by atoms with Gasteiger partial charge >= 0.3 is 0 Å². The van der Waals surface area contributed by atoms with Gasteiger partial charge in [0, 0.05) is 11.0 Å². The molecular formula is C18H16N4OS. The van der Waals surface area contributed by atoms with Crippen molar-refractivity contribution in [1.29, 1.82) is 0 Å². The highest BCUT2D eigenvalue weighted by Gasteiger charge is 2.31. The molecule has 0 saturated carbocycles. The quantitative estimate of drug-likeness (QED) is 0.902. The molecule has 6 heteroatoms. The van der Waals surface area contributed by atoms with Crippen LogP contribution in [0.15, 0.2) is 64.7 Å². The molecule has 4 rings (SSSR count). The van der Waals surface area contributed by atoms with Crippen LogP contribution in [-0.4, -0.2) is 22.2 Å².